The average molecular weight is 291 g/mol. The molecule has 1 saturated carbocycles. The number of aromatic nitrogens is 1. The minimum absolute atomic E-state index is 0.385. The Balaban J connectivity index is 1.65. The molecule has 0 aliphatic heterocycles. The molecule has 0 spiro atoms. The molecule has 0 unspecified atom stereocenters. The normalized spacial score (nSPS) is 15.6. The number of hydrogen-bond acceptors (Lipinski definition) is 5. The van der Waals surface area contributed by atoms with Gasteiger partial charge < -0.3 is 21.2 Å². The molecule has 6 nitrogen and oxygen atoms in total. The molecule has 7 heteroatoms. The van der Waals surface area contributed by atoms with Crippen molar-refractivity contribution in [2.24, 2.45) is 22.4 Å². The van der Waals surface area contributed by atoms with Crippen molar-refractivity contribution in [1.82, 2.24) is 4.98 Å². The van der Waals surface area contributed by atoms with E-state index in [4.69, 9.17) is 15.9 Å². The van der Waals surface area contributed by atoms with Crippen LogP contribution >= 0.6 is 11.3 Å². The number of aliphatic imine (C=N–C) groups is 1. The molecular weight excluding hydrogens is 274 g/mol. The summed E-state index contributed by atoms with van der Waals surface area (Å²) in [6, 6.07) is 3.72. The summed E-state index contributed by atoms with van der Waals surface area (Å²) in [5, 5.41) is 5.63. The lowest BCUT2D eigenvalue weighted by Gasteiger charge is -2.00. The van der Waals surface area contributed by atoms with Crippen LogP contribution in [0.25, 0.3) is 11.5 Å². The molecule has 0 bridgehead atoms. The van der Waals surface area contributed by atoms with Gasteiger partial charge in [-0.3, -0.25) is 4.99 Å². The molecule has 1 aliphatic rings. The lowest BCUT2D eigenvalue weighted by Crippen LogP contribution is -2.22. The molecule has 0 aromatic carbocycles. The van der Waals surface area contributed by atoms with E-state index in [1.807, 2.05) is 17.5 Å². The molecule has 106 valence electrons. The smallest absolute Gasteiger partial charge is 0.194 e. The van der Waals surface area contributed by atoms with E-state index in [-0.39, 0.29) is 0 Å². The van der Waals surface area contributed by atoms with Crippen LogP contribution in [0.5, 0.6) is 0 Å². The van der Waals surface area contributed by atoms with Crippen LogP contribution in [0.2, 0.25) is 0 Å². The second kappa shape index (κ2) is 5.64. The summed E-state index contributed by atoms with van der Waals surface area (Å²) in [6.45, 7) is 1.19. The van der Waals surface area contributed by atoms with Gasteiger partial charge in [-0.1, -0.05) is 0 Å². The summed E-state index contributed by atoms with van der Waals surface area (Å²) in [5.74, 6) is 2.59. The minimum Gasteiger partial charge on any atom is -0.458 e. The molecule has 1 aliphatic carbocycles. The number of thiazole rings is 1. The summed E-state index contributed by atoms with van der Waals surface area (Å²) in [5.41, 5.74) is 12.1. The maximum Gasteiger partial charge on any atom is 0.194 e. The Morgan fingerprint density at radius 3 is 3.05 bits per heavy atom. The highest BCUT2D eigenvalue weighted by molar-refractivity contribution is 7.14. The van der Waals surface area contributed by atoms with Gasteiger partial charge in [-0.2, -0.15) is 0 Å². The van der Waals surface area contributed by atoms with Crippen molar-refractivity contribution in [3.05, 3.63) is 23.3 Å². The number of anilines is 1. The zero-order valence-electron chi connectivity index (χ0n) is 11.0. The Morgan fingerprint density at radius 1 is 1.50 bits per heavy atom. The van der Waals surface area contributed by atoms with Crippen molar-refractivity contribution in [3.63, 3.8) is 0 Å². The van der Waals surface area contributed by atoms with Crippen LogP contribution in [0.3, 0.4) is 0 Å². The molecule has 5 N–H and O–H groups in total. The van der Waals surface area contributed by atoms with E-state index in [1.165, 1.54) is 24.2 Å². The quantitative estimate of drug-likeness (QED) is 0.577. The summed E-state index contributed by atoms with van der Waals surface area (Å²) in [4.78, 5) is 8.71. The first-order valence-electron chi connectivity index (χ1n) is 6.56. The van der Waals surface area contributed by atoms with Crippen molar-refractivity contribution in [2.45, 2.75) is 19.4 Å². The van der Waals surface area contributed by atoms with Crippen LogP contribution in [0.15, 0.2) is 26.9 Å². The molecular formula is C13H17N5OS. The molecule has 0 amide bonds. The Morgan fingerprint density at radius 2 is 2.35 bits per heavy atom. The molecule has 2 heterocycles. The first-order valence-corrected chi connectivity index (χ1v) is 7.44. The highest BCUT2D eigenvalue weighted by atomic mass is 32.1. The Hall–Kier alpha value is -1.86. The third-order valence-electron chi connectivity index (χ3n) is 3.07. The van der Waals surface area contributed by atoms with E-state index in [0.717, 1.165) is 23.9 Å². The summed E-state index contributed by atoms with van der Waals surface area (Å²) in [7, 11) is 0. The van der Waals surface area contributed by atoms with Gasteiger partial charge in [0.2, 0.25) is 0 Å². The fraction of sp³-hybridized carbons (Fsp3) is 0.385. The first-order chi connectivity index (χ1) is 9.74. The van der Waals surface area contributed by atoms with Gasteiger partial charge in [0.05, 0.1) is 6.54 Å². The fourth-order valence-electron chi connectivity index (χ4n) is 1.75. The number of nitrogens with zero attached hydrogens (tertiary/aromatic N) is 2. The Bertz CT molecular complexity index is 614. The number of guanidine groups is 1. The second-order valence-corrected chi connectivity index (χ2v) is 5.66. The molecule has 3 rings (SSSR count). The van der Waals surface area contributed by atoms with E-state index in [0.29, 0.717) is 23.4 Å². The van der Waals surface area contributed by atoms with Crippen LogP contribution < -0.4 is 16.8 Å². The van der Waals surface area contributed by atoms with Gasteiger partial charge in [0, 0.05) is 11.9 Å². The van der Waals surface area contributed by atoms with Gasteiger partial charge in [0.15, 0.2) is 16.9 Å². The first kappa shape index (κ1) is 13.1. The topological polar surface area (TPSA) is 102 Å². The lowest BCUT2D eigenvalue weighted by molar-refractivity contribution is 0.524. The molecule has 20 heavy (non-hydrogen) atoms. The number of nitrogens with two attached hydrogens (primary N) is 2. The zero-order chi connectivity index (χ0) is 13.9. The van der Waals surface area contributed by atoms with Crippen LogP contribution in [-0.2, 0) is 6.54 Å². The van der Waals surface area contributed by atoms with Crippen LogP contribution in [-0.4, -0.2) is 17.5 Å². The molecule has 0 saturated heterocycles. The highest BCUT2D eigenvalue weighted by Gasteiger charge is 2.20. The van der Waals surface area contributed by atoms with Crippen molar-refractivity contribution >= 4 is 22.4 Å². The number of hydrogen-bond donors (Lipinski definition) is 3. The largest absolute Gasteiger partial charge is 0.458 e. The summed E-state index contributed by atoms with van der Waals surface area (Å²) in [6.07, 6.45) is 2.53. The van der Waals surface area contributed by atoms with E-state index < -0.39 is 0 Å². The minimum atomic E-state index is 0.385. The van der Waals surface area contributed by atoms with E-state index in [9.17, 15) is 0 Å². The van der Waals surface area contributed by atoms with Crippen molar-refractivity contribution in [2.75, 3.05) is 11.9 Å². The predicted molar refractivity (Wildman–Crippen MR) is 80.5 cm³/mol. The van der Waals surface area contributed by atoms with Gasteiger partial charge in [-0.25, -0.2) is 4.98 Å². The Kier molecular flexibility index (Phi) is 3.70. The molecule has 0 atom stereocenters. The third-order valence-corrected chi connectivity index (χ3v) is 3.83. The van der Waals surface area contributed by atoms with Crippen molar-refractivity contribution in [3.8, 4) is 11.5 Å². The standard InChI is InChI=1S/C13H17N5OS/c14-5-9-3-4-11(19-9)10-7-20-13(17-10)18-12(15)16-6-8-1-2-8/h3-4,7-8H,1-2,5-6,14H2,(H3,15,16,17,18). The average Bonchev–Trinajstić information content (AvgIpc) is 2.96. The maximum absolute atomic E-state index is 5.82. The van der Waals surface area contributed by atoms with E-state index in [1.54, 1.807) is 0 Å². The van der Waals surface area contributed by atoms with Crippen LogP contribution in [0, 0.1) is 5.92 Å². The molecule has 1 fully saturated rings. The van der Waals surface area contributed by atoms with Gasteiger partial charge in [0.25, 0.3) is 0 Å². The van der Waals surface area contributed by atoms with Gasteiger partial charge in [-0.15, -0.1) is 11.3 Å². The van der Waals surface area contributed by atoms with Crippen LogP contribution in [0.4, 0.5) is 5.13 Å². The predicted octanol–water partition coefficient (Wildman–Crippen LogP) is 2.00. The monoisotopic (exact) mass is 291 g/mol. The molecule has 2 aromatic rings. The fourth-order valence-corrected chi connectivity index (χ4v) is 2.45. The summed E-state index contributed by atoms with van der Waals surface area (Å²) < 4.78 is 5.55. The number of nitrogens with one attached hydrogen (secondary N) is 1. The Labute approximate surface area is 120 Å². The van der Waals surface area contributed by atoms with Crippen LogP contribution in [0.1, 0.15) is 18.6 Å². The number of rotatable bonds is 5. The SMILES string of the molecule is NCc1ccc(-c2csc(NC(N)=NCC3CC3)n2)o1. The van der Waals surface area contributed by atoms with Gasteiger partial charge in [0.1, 0.15) is 11.5 Å². The molecule has 2 aromatic heterocycles. The third kappa shape index (κ3) is 3.17. The van der Waals surface area contributed by atoms with Gasteiger partial charge in [-0.05, 0) is 30.9 Å². The molecule has 0 radical (unpaired) electrons. The highest BCUT2D eigenvalue weighted by Crippen LogP contribution is 2.29. The maximum atomic E-state index is 5.82. The summed E-state index contributed by atoms with van der Waals surface area (Å²) >= 11 is 1.47. The van der Waals surface area contributed by atoms with Gasteiger partial charge >= 0.3 is 0 Å². The van der Waals surface area contributed by atoms with Crippen molar-refractivity contribution < 1.29 is 4.42 Å². The number of furan rings is 1. The van der Waals surface area contributed by atoms with E-state index in [2.05, 4.69) is 15.3 Å². The zero-order valence-corrected chi connectivity index (χ0v) is 11.8. The lowest BCUT2D eigenvalue weighted by atomic mass is 10.3. The second-order valence-electron chi connectivity index (χ2n) is 4.80. The van der Waals surface area contributed by atoms with E-state index >= 15 is 0 Å². The van der Waals surface area contributed by atoms with Crippen molar-refractivity contribution in [1.29, 1.82) is 0 Å².